The molecule has 0 heterocycles. The van der Waals surface area contributed by atoms with Gasteiger partial charge < -0.3 is 20.4 Å². The van der Waals surface area contributed by atoms with E-state index in [0.717, 1.165) is 6.42 Å². The molecule has 0 saturated heterocycles. The van der Waals surface area contributed by atoms with Gasteiger partial charge in [0.15, 0.2) is 0 Å². The summed E-state index contributed by atoms with van der Waals surface area (Å²) in [7, 11) is 0. The molecule has 1 fully saturated rings. The van der Waals surface area contributed by atoms with E-state index in [4.69, 9.17) is 5.11 Å². The molecule has 0 aromatic rings. The zero-order chi connectivity index (χ0) is 19.4. The van der Waals surface area contributed by atoms with Crippen molar-refractivity contribution in [1.82, 2.24) is 0 Å². The number of rotatable bonds is 13. The van der Waals surface area contributed by atoms with Crippen LogP contribution in [-0.4, -0.2) is 44.7 Å². The Labute approximate surface area is 157 Å². The van der Waals surface area contributed by atoms with E-state index in [1.54, 1.807) is 12.2 Å². The van der Waals surface area contributed by atoms with Crippen molar-refractivity contribution in [3.8, 4) is 0 Å². The molecule has 0 bridgehead atoms. The average Bonchev–Trinajstić information content (AvgIpc) is 2.85. The van der Waals surface area contributed by atoms with Gasteiger partial charge in [0, 0.05) is 18.8 Å². The fourth-order valence-electron chi connectivity index (χ4n) is 3.64. The fraction of sp³-hybridized carbons (Fsp3) is 0.762. The van der Waals surface area contributed by atoms with Gasteiger partial charge in [0.2, 0.25) is 0 Å². The van der Waals surface area contributed by atoms with E-state index in [0.29, 0.717) is 25.7 Å². The van der Waals surface area contributed by atoms with E-state index in [9.17, 15) is 20.1 Å². The average molecular weight is 369 g/mol. The Morgan fingerprint density at radius 3 is 2.58 bits per heavy atom. The molecule has 0 unspecified atom stereocenters. The van der Waals surface area contributed by atoms with Gasteiger partial charge in [0.05, 0.1) is 18.3 Å². The summed E-state index contributed by atoms with van der Waals surface area (Å²) >= 11 is 0. The number of carboxylic acids is 1. The van der Waals surface area contributed by atoms with E-state index in [-0.39, 0.29) is 18.3 Å². The van der Waals surface area contributed by atoms with E-state index >= 15 is 0 Å². The molecule has 1 rings (SSSR count). The highest BCUT2D eigenvalue weighted by molar-refractivity contribution is 5.66. The molecular weight excluding hydrogens is 332 g/mol. The van der Waals surface area contributed by atoms with Gasteiger partial charge in [-0.1, -0.05) is 50.5 Å². The summed E-state index contributed by atoms with van der Waals surface area (Å²) in [5.41, 5.74) is 0. The van der Waals surface area contributed by atoms with Crippen LogP contribution in [0.4, 0.5) is 0 Å². The van der Waals surface area contributed by atoms with E-state index < -0.39 is 24.3 Å². The van der Waals surface area contributed by atoms with Gasteiger partial charge in [0.25, 0.3) is 0 Å². The first-order valence-corrected chi connectivity index (χ1v) is 10.0. The topological polar surface area (TPSA) is 98.0 Å². The lowest BCUT2D eigenvalue weighted by atomic mass is 9.88. The van der Waals surface area contributed by atoms with Crippen molar-refractivity contribution in [2.75, 3.05) is 0 Å². The number of aliphatic carboxylic acids is 1. The van der Waals surface area contributed by atoms with E-state index in [1.165, 1.54) is 25.7 Å². The second-order valence-electron chi connectivity index (χ2n) is 7.41. The maximum absolute atomic E-state index is 10.6. The van der Waals surface area contributed by atoms with E-state index in [1.807, 2.05) is 6.08 Å². The van der Waals surface area contributed by atoms with Crippen LogP contribution in [0.1, 0.15) is 71.1 Å². The quantitative estimate of drug-likeness (QED) is 0.295. The van der Waals surface area contributed by atoms with Gasteiger partial charge in [-0.2, -0.15) is 0 Å². The molecule has 0 amide bonds. The fourth-order valence-corrected chi connectivity index (χ4v) is 3.64. The van der Waals surface area contributed by atoms with Crippen LogP contribution in [0.15, 0.2) is 24.3 Å². The number of hydrogen-bond acceptors (Lipinski definition) is 4. The molecule has 1 aliphatic rings. The molecule has 0 aromatic heterocycles. The molecule has 4 N–H and O–H groups in total. The summed E-state index contributed by atoms with van der Waals surface area (Å²) in [5.74, 6) is -1.23. The SMILES string of the molecule is CCCCCC/C=C\C[C@H](O)/C=C/[C@@H]1[C@H](CCCC(=O)O)[C@@H](O)C[C@H]1O. The van der Waals surface area contributed by atoms with Crippen LogP contribution in [0.5, 0.6) is 0 Å². The van der Waals surface area contributed by atoms with Crippen molar-refractivity contribution < 1.29 is 25.2 Å². The molecule has 0 aromatic carbocycles. The van der Waals surface area contributed by atoms with Crippen molar-refractivity contribution in [2.24, 2.45) is 11.8 Å². The van der Waals surface area contributed by atoms with Gasteiger partial charge in [-0.15, -0.1) is 0 Å². The first-order chi connectivity index (χ1) is 12.5. The number of aliphatic hydroxyl groups is 3. The maximum atomic E-state index is 10.6. The highest BCUT2D eigenvalue weighted by atomic mass is 16.4. The van der Waals surface area contributed by atoms with Crippen molar-refractivity contribution in [1.29, 1.82) is 0 Å². The minimum absolute atomic E-state index is 0.0709. The van der Waals surface area contributed by atoms with Crippen LogP contribution < -0.4 is 0 Å². The molecular formula is C21H36O5. The standard InChI is InChI=1S/C21H36O5/c1-2-3-4-5-6-7-8-10-16(22)13-14-18-17(11-9-12-21(25)26)19(23)15-20(18)24/h7-8,13-14,16-20,22-24H,2-6,9-12,15H2,1H3,(H,25,26)/b8-7-,14-13+/t16-,17-,18+,19-,20+/m0/s1. The molecule has 26 heavy (non-hydrogen) atoms. The van der Waals surface area contributed by atoms with Crippen molar-refractivity contribution >= 4 is 5.97 Å². The van der Waals surface area contributed by atoms with E-state index in [2.05, 4.69) is 13.0 Å². The molecule has 0 spiro atoms. The first kappa shape index (κ1) is 22.9. The van der Waals surface area contributed by atoms with Gasteiger partial charge in [0.1, 0.15) is 0 Å². The van der Waals surface area contributed by atoms with Gasteiger partial charge in [-0.25, -0.2) is 0 Å². The molecule has 5 atom stereocenters. The number of hydrogen-bond donors (Lipinski definition) is 4. The smallest absolute Gasteiger partial charge is 0.303 e. The highest BCUT2D eigenvalue weighted by Crippen LogP contribution is 2.37. The molecule has 1 aliphatic carbocycles. The van der Waals surface area contributed by atoms with Crippen LogP contribution in [0.2, 0.25) is 0 Å². The van der Waals surface area contributed by atoms with Gasteiger partial charge >= 0.3 is 5.97 Å². The largest absolute Gasteiger partial charge is 0.481 e. The minimum atomic E-state index is -0.845. The predicted octanol–water partition coefficient (Wildman–Crippen LogP) is 3.43. The number of aliphatic hydroxyl groups excluding tert-OH is 3. The number of unbranched alkanes of at least 4 members (excludes halogenated alkanes) is 4. The number of allylic oxidation sites excluding steroid dienone is 1. The van der Waals surface area contributed by atoms with Crippen LogP contribution in [0.3, 0.4) is 0 Å². The second-order valence-corrected chi connectivity index (χ2v) is 7.41. The number of carboxylic acid groups (broad SMARTS) is 1. The van der Waals surface area contributed by atoms with Crippen molar-refractivity contribution in [3.63, 3.8) is 0 Å². The Bertz CT molecular complexity index is 446. The van der Waals surface area contributed by atoms with Gasteiger partial charge in [-0.3, -0.25) is 4.79 Å². The molecule has 0 radical (unpaired) electrons. The second kappa shape index (κ2) is 13.1. The monoisotopic (exact) mass is 368 g/mol. The molecule has 1 saturated carbocycles. The normalized spacial score (nSPS) is 27.5. The third-order valence-electron chi connectivity index (χ3n) is 5.17. The third-order valence-corrected chi connectivity index (χ3v) is 5.17. The third kappa shape index (κ3) is 8.97. The lowest BCUT2D eigenvalue weighted by Crippen LogP contribution is -2.21. The Kier molecular flexibility index (Phi) is 11.5. The van der Waals surface area contributed by atoms with Crippen molar-refractivity contribution in [2.45, 2.75) is 89.4 Å². The minimum Gasteiger partial charge on any atom is -0.481 e. The van der Waals surface area contributed by atoms with Gasteiger partial charge in [-0.05, 0) is 38.0 Å². The summed E-state index contributed by atoms with van der Waals surface area (Å²) in [6, 6.07) is 0. The lowest BCUT2D eigenvalue weighted by Gasteiger charge is -2.20. The summed E-state index contributed by atoms with van der Waals surface area (Å²) in [4.78, 5) is 10.6. The Balaban J connectivity index is 2.39. The Morgan fingerprint density at radius 2 is 1.88 bits per heavy atom. The Hall–Kier alpha value is -1.17. The molecule has 5 heteroatoms. The molecule has 5 nitrogen and oxygen atoms in total. The van der Waals surface area contributed by atoms with Crippen LogP contribution in [0.25, 0.3) is 0 Å². The zero-order valence-corrected chi connectivity index (χ0v) is 16.0. The lowest BCUT2D eigenvalue weighted by molar-refractivity contribution is -0.137. The van der Waals surface area contributed by atoms with Crippen LogP contribution in [-0.2, 0) is 4.79 Å². The van der Waals surface area contributed by atoms with Crippen LogP contribution in [0, 0.1) is 11.8 Å². The number of carbonyl (C=O) groups is 1. The molecule has 150 valence electrons. The van der Waals surface area contributed by atoms with Crippen molar-refractivity contribution in [3.05, 3.63) is 24.3 Å². The zero-order valence-electron chi connectivity index (χ0n) is 16.0. The predicted molar refractivity (Wildman–Crippen MR) is 103 cm³/mol. The summed E-state index contributed by atoms with van der Waals surface area (Å²) in [6.45, 7) is 2.19. The summed E-state index contributed by atoms with van der Waals surface area (Å²) in [5, 5.41) is 39.1. The summed E-state index contributed by atoms with van der Waals surface area (Å²) < 4.78 is 0. The Morgan fingerprint density at radius 1 is 1.12 bits per heavy atom. The highest BCUT2D eigenvalue weighted by Gasteiger charge is 2.39. The van der Waals surface area contributed by atoms with Crippen LogP contribution >= 0.6 is 0 Å². The first-order valence-electron chi connectivity index (χ1n) is 10.0. The maximum Gasteiger partial charge on any atom is 0.303 e. The summed E-state index contributed by atoms with van der Waals surface area (Å²) in [6.07, 6.45) is 13.6. The molecule has 0 aliphatic heterocycles.